The molecular formula is C22H28N4O9S. The van der Waals surface area contributed by atoms with E-state index in [0.29, 0.717) is 17.9 Å². The largest absolute Gasteiger partial charge is 0.457 e. The molecule has 1 aliphatic heterocycles. The van der Waals surface area contributed by atoms with Crippen LogP contribution < -0.4 is 5.32 Å². The lowest BCUT2D eigenvalue weighted by molar-refractivity contribution is -0.192. The molecule has 1 aromatic heterocycles. The molecule has 1 saturated heterocycles. The number of hydrogen-bond acceptors (Lipinski definition) is 12. The van der Waals surface area contributed by atoms with E-state index in [9.17, 15) is 24.0 Å². The molecule has 196 valence electrons. The average Bonchev–Trinajstić information content (AvgIpc) is 3.29. The number of ether oxygens (including phenoxy) is 2. The fourth-order valence-electron chi connectivity index (χ4n) is 2.75. The SMILES string of the molecule is CC(C)(C)OC(=O)Nc1nc(/C(=N/OC2(C(=O)OC(C)(C)C)CC2)C(=O)ON2C(=O)CCC2=O)cs1. The molecule has 0 spiro atoms. The van der Waals surface area contributed by atoms with Crippen molar-refractivity contribution in [2.75, 3.05) is 5.32 Å². The summed E-state index contributed by atoms with van der Waals surface area (Å²) in [6, 6.07) is 0. The van der Waals surface area contributed by atoms with Crippen molar-refractivity contribution in [3.05, 3.63) is 11.1 Å². The topological polar surface area (TPSA) is 163 Å². The van der Waals surface area contributed by atoms with Gasteiger partial charge in [0.2, 0.25) is 11.3 Å². The lowest BCUT2D eigenvalue weighted by Gasteiger charge is -2.22. The molecule has 14 heteroatoms. The molecule has 3 rings (SSSR count). The Kier molecular flexibility index (Phi) is 7.39. The van der Waals surface area contributed by atoms with E-state index in [-0.39, 0.29) is 23.7 Å². The molecule has 1 saturated carbocycles. The molecule has 0 aromatic carbocycles. The predicted molar refractivity (Wildman–Crippen MR) is 125 cm³/mol. The number of oxime groups is 1. The van der Waals surface area contributed by atoms with E-state index in [1.165, 1.54) is 5.38 Å². The highest BCUT2D eigenvalue weighted by molar-refractivity contribution is 7.14. The second-order valence-electron chi connectivity index (χ2n) is 10.2. The van der Waals surface area contributed by atoms with Crippen molar-refractivity contribution < 1.29 is 43.1 Å². The van der Waals surface area contributed by atoms with Crippen LogP contribution in [0.15, 0.2) is 10.5 Å². The molecular weight excluding hydrogens is 496 g/mol. The number of carbonyl (C=O) groups excluding carboxylic acids is 5. The number of amides is 3. The second kappa shape index (κ2) is 9.84. The van der Waals surface area contributed by atoms with Gasteiger partial charge in [0.05, 0.1) is 0 Å². The van der Waals surface area contributed by atoms with Gasteiger partial charge in [-0.3, -0.25) is 14.9 Å². The summed E-state index contributed by atoms with van der Waals surface area (Å²) in [5.41, 5.74) is -3.51. The van der Waals surface area contributed by atoms with E-state index in [4.69, 9.17) is 19.1 Å². The Labute approximate surface area is 211 Å². The maximum Gasteiger partial charge on any atom is 0.413 e. The molecule has 2 fully saturated rings. The summed E-state index contributed by atoms with van der Waals surface area (Å²) in [4.78, 5) is 75.8. The molecule has 0 radical (unpaired) electrons. The molecule has 13 nitrogen and oxygen atoms in total. The van der Waals surface area contributed by atoms with Gasteiger partial charge in [-0.15, -0.1) is 16.4 Å². The maximum atomic E-state index is 12.9. The van der Waals surface area contributed by atoms with Crippen LogP contribution in [0.4, 0.5) is 9.93 Å². The maximum absolute atomic E-state index is 12.9. The number of nitrogens with zero attached hydrogens (tertiary/aromatic N) is 3. The number of hydrogen-bond donors (Lipinski definition) is 1. The molecule has 36 heavy (non-hydrogen) atoms. The van der Waals surface area contributed by atoms with Crippen molar-refractivity contribution in [1.82, 2.24) is 10.0 Å². The van der Waals surface area contributed by atoms with Crippen molar-refractivity contribution in [3.8, 4) is 0 Å². The first kappa shape index (κ1) is 27.0. The van der Waals surface area contributed by atoms with Gasteiger partial charge in [0, 0.05) is 31.1 Å². The Balaban J connectivity index is 1.83. The number of carbonyl (C=O) groups is 5. The third kappa shape index (κ3) is 6.99. The fraction of sp³-hybridized carbons (Fsp3) is 0.591. The highest BCUT2D eigenvalue weighted by Gasteiger charge is 2.56. The number of aromatic nitrogens is 1. The normalized spacial score (nSPS) is 17.5. The zero-order chi connectivity index (χ0) is 26.9. The number of hydroxylamine groups is 2. The summed E-state index contributed by atoms with van der Waals surface area (Å²) >= 11 is 0.950. The highest BCUT2D eigenvalue weighted by atomic mass is 32.1. The molecule has 1 N–H and O–H groups in total. The van der Waals surface area contributed by atoms with Crippen molar-refractivity contribution >= 4 is 52.0 Å². The summed E-state index contributed by atoms with van der Waals surface area (Å²) in [7, 11) is 0. The van der Waals surface area contributed by atoms with Gasteiger partial charge in [-0.05, 0) is 41.5 Å². The Morgan fingerprint density at radius 3 is 2.14 bits per heavy atom. The van der Waals surface area contributed by atoms with Crippen LogP contribution in [0.25, 0.3) is 0 Å². The summed E-state index contributed by atoms with van der Waals surface area (Å²) in [5.74, 6) is -3.24. The van der Waals surface area contributed by atoms with Crippen LogP contribution >= 0.6 is 11.3 Å². The molecule has 1 aliphatic carbocycles. The monoisotopic (exact) mass is 524 g/mol. The number of anilines is 1. The Morgan fingerprint density at radius 2 is 1.61 bits per heavy atom. The number of thiazole rings is 1. The first-order chi connectivity index (χ1) is 16.6. The molecule has 1 aromatic rings. The minimum atomic E-state index is -1.38. The van der Waals surface area contributed by atoms with E-state index in [1.807, 2.05) is 0 Å². The summed E-state index contributed by atoms with van der Waals surface area (Å²) in [5, 5.41) is 8.04. The lowest BCUT2D eigenvalue weighted by Crippen LogP contribution is -2.36. The second-order valence-corrected chi connectivity index (χ2v) is 11.0. The zero-order valence-electron chi connectivity index (χ0n) is 20.8. The van der Waals surface area contributed by atoms with Crippen LogP contribution in [0.3, 0.4) is 0 Å². The minimum Gasteiger partial charge on any atom is -0.457 e. The number of esters is 1. The lowest BCUT2D eigenvalue weighted by atomic mass is 10.2. The van der Waals surface area contributed by atoms with Crippen LogP contribution in [0.5, 0.6) is 0 Å². The quantitative estimate of drug-likeness (QED) is 0.243. The van der Waals surface area contributed by atoms with Gasteiger partial charge in [-0.1, -0.05) is 5.16 Å². The van der Waals surface area contributed by atoms with Crippen LogP contribution in [0.1, 0.15) is 72.9 Å². The minimum absolute atomic E-state index is 0.0707. The van der Waals surface area contributed by atoms with Crippen molar-refractivity contribution in [2.24, 2.45) is 5.16 Å². The average molecular weight is 525 g/mol. The van der Waals surface area contributed by atoms with Crippen LogP contribution in [0, 0.1) is 0 Å². The molecule has 2 heterocycles. The molecule has 0 bridgehead atoms. The summed E-state index contributed by atoms with van der Waals surface area (Å²) in [6.07, 6.45) is -0.357. The van der Waals surface area contributed by atoms with Gasteiger partial charge in [-0.25, -0.2) is 19.4 Å². The van der Waals surface area contributed by atoms with Gasteiger partial charge in [0.15, 0.2) is 5.13 Å². The molecule has 2 aliphatic rings. The van der Waals surface area contributed by atoms with E-state index in [2.05, 4.69) is 15.5 Å². The van der Waals surface area contributed by atoms with Gasteiger partial charge < -0.3 is 19.1 Å². The van der Waals surface area contributed by atoms with E-state index in [0.717, 1.165) is 11.3 Å². The van der Waals surface area contributed by atoms with Crippen LogP contribution in [-0.4, -0.2) is 62.4 Å². The first-order valence-corrected chi connectivity index (χ1v) is 12.0. The van der Waals surface area contributed by atoms with Gasteiger partial charge in [0.25, 0.3) is 11.8 Å². The molecule has 3 amide bonds. The molecule has 0 unspecified atom stereocenters. The third-order valence-corrected chi connectivity index (χ3v) is 5.27. The van der Waals surface area contributed by atoms with E-state index < -0.39 is 52.4 Å². The standard InChI is InChI=1S/C22H28N4O9S/c1-20(2,3)32-17(30)22(9-10-22)35-25-15(16(29)34-26-13(27)7-8-14(26)28)12-11-36-18(23-12)24-19(31)33-21(4,5)6/h11H,7-10H2,1-6H3,(H,23,24,31)/b25-15-. The van der Waals surface area contributed by atoms with Crippen molar-refractivity contribution in [2.45, 2.75) is 84.0 Å². The van der Waals surface area contributed by atoms with Crippen molar-refractivity contribution in [3.63, 3.8) is 0 Å². The predicted octanol–water partition coefficient (Wildman–Crippen LogP) is 2.69. The van der Waals surface area contributed by atoms with Crippen LogP contribution in [0.2, 0.25) is 0 Å². The Bertz CT molecular complexity index is 1090. The summed E-state index contributed by atoms with van der Waals surface area (Å²) < 4.78 is 10.5. The Hall–Kier alpha value is -3.55. The summed E-state index contributed by atoms with van der Waals surface area (Å²) in [6.45, 7) is 10.2. The van der Waals surface area contributed by atoms with Crippen molar-refractivity contribution in [1.29, 1.82) is 0 Å². The van der Waals surface area contributed by atoms with Gasteiger partial charge in [-0.2, -0.15) is 0 Å². The van der Waals surface area contributed by atoms with Gasteiger partial charge in [0.1, 0.15) is 16.9 Å². The molecule has 0 atom stereocenters. The number of nitrogens with one attached hydrogen (secondary N) is 1. The first-order valence-electron chi connectivity index (χ1n) is 11.1. The fourth-order valence-corrected chi connectivity index (χ4v) is 3.43. The number of rotatable bonds is 7. The third-order valence-electron chi connectivity index (χ3n) is 4.51. The van der Waals surface area contributed by atoms with E-state index in [1.54, 1.807) is 41.5 Å². The number of imide groups is 1. The smallest absolute Gasteiger partial charge is 0.413 e. The van der Waals surface area contributed by atoms with E-state index >= 15 is 0 Å². The van der Waals surface area contributed by atoms with Crippen LogP contribution in [-0.2, 0) is 38.3 Å². The Morgan fingerprint density at radius 1 is 1.03 bits per heavy atom. The zero-order valence-corrected chi connectivity index (χ0v) is 21.6. The van der Waals surface area contributed by atoms with Gasteiger partial charge >= 0.3 is 18.0 Å². The highest BCUT2D eigenvalue weighted by Crippen LogP contribution is 2.42.